The minimum atomic E-state index is -1.19. The molecule has 2 aliphatic rings. The monoisotopic (exact) mass is 282 g/mol. The molecule has 0 aromatic rings. The van der Waals surface area contributed by atoms with Crippen LogP contribution in [-0.2, 0) is 4.79 Å². The van der Waals surface area contributed by atoms with Crippen molar-refractivity contribution in [3.63, 3.8) is 0 Å². The smallest absolute Gasteiger partial charge is 0.255 e. The molecule has 0 aromatic heterocycles. The maximum Gasteiger partial charge on any atom is 0.255 e. The van der Waals surface area contributed by atoms with Gasteiger partial charge in [-0.25, -0.2) is 0 Å². The minimum Gasteiger partial charge on any atom is -0.379 e. The Morgan fingerprint density at radius 3 is 2.55 bits per heavy atom. The zero-order valence-corrected chi connectivity index (χ0v) is 13.2. The molecule has 20 heavy (non-hydrogen) atoms. The van der Waals surface area contributed by atoms with E-state index in [0.29, 0.717) is 19.0 Å². The molecule has 1 amide bonds. The average Bonchev–Trinajstić information content (AvgIpc) is 2.84. The molecule has 0 unspecified atom stereocenters. The molecule has 4 nitrogen and oxygen atoms in total. The Balaban J connectivity index is 1.93. The lowest BCUT2D eigenvalue weighted by atomic mass is 9.88. The van der Waals surface area contributed by atoms with Gasteiger partial charge in [0, 0.05) is 25.7 Å². The zero-order valence-electron chi connectivity index (χ0n) is 13.2. The summed E-state index contributed by atoms with van der Waals surface area (Å²) in [5.74, 6) is -0.0795. The molecule has 1 aliphatic heterocycles. The number of hydrogen-bond donors (Lipinski definition) is 2. The van der Waals surface area contributed by atoms with E-state index in [1.165, 1.54) is 25.7 Å². The van der Waals surface area contributed by atoms with Gasteiger partial charge in [-0.1, -0.05) is 33.6 Å². The molecule has 0 bridgehead atoms. The quantitative estimate of drug-likeness (QED) is 0.828. The topological polar surface area (TPSA) is 52.6 Å². The summed E-state index contributed by atoms with van der Waals surface area (Å²) in [7, 11) is 0. The minimum absolute atomic E-state index is 0.0762. The molecule has 1 saturated heterocycles. The highest BCUT2D eigenvalue weighted by Gasteiger charge is 2.43. The number of carbonyl (C=O) groups is 1. The van der Waals surface area contributed by atoms with Crippen LogP contribution < -0.4 is 5.32 Å². The first-order valence-corrected chi connectivity index (χ1v) is 8.05. The second-order valence-corrected chi connectivity index (χ2v) is 7.78. The first-order chi connectivity index (χ1) is 9.30. The molecule has 0 aromatic carbocycles. The van der Waals surface area contributed by atoms with Crippen LogP contribution in [0.5, 0.6) is 0 Å². The number of hydrogen-bond acceptors (Lipinski definition) is 3. The van der Waals surface area contributed by atoms with Gasteiger partial charge in [0.15, 0.2) is 5.60 Å². The lowest BCUT2D eigenvalue weighted by Crippen LogP contribution is -2.59. The summed E-state index contributed by atoms with van der Waals surface area (Å²) in [6, 6.07) is 0.491. The summed E-state index contributed by atoms with van der Waals surface area (Å²) < 4.78 is 0. The van der Waals surface area contributed by atoms with Crippen molar-refractivity contribution in [1.29, 1.82) is 0 Å². The molecule has 2 rings (SSSR count). The molecule has 1 atom stereocenters. The normalized spacial score (nSPS) is 29.2. The number of aliphatic hydroxyl groups is 1. The fourth-order valence-corrected chi connectivity index (χ4v) is 3.40. The third-order valence-corrected chi connectivity index (χ3v) is 4.41. The van der Waals surface area contributed by atoms with Crippen molar-refractivity contribution in [2.24, 2.45) is 5.41 Å². The molecule has 0 spiro atoms. The van der Waals surface area contributed by atoms with Crippen LogP contribution in [0.25, 0.3) is 0 Å². The lowest BCUT2D eigenvalue weighted by Gasteiger charge is -2.41. The van der Waals surface area contributed by atoms with Gasteiger partial charge in [0.2, 0.25) is 0 Å². The summed E-state index contributed by atoms with van der Waals surface area (Å²) in [5, 5.41) is 14.1. The van der Waals surface area contributed by atoms with E-state index in [0.717, 1.165) is 19.5 Å². The van der Waals surface area contributed by atoms with Crippen LogP contribution in [0.1, 0.15) is 59.3 Å². The van der Waals surface area contributed by atoms with E-state index in [9.17, 15) is 9.90 Å². The van der Waals surface area contributed by atoms with Crippen LogP contribution in [0.15, 0.2) is 0 Å². The summed E-state index contributed by atoms with van der Waals surface area (Å²) in [6.45, 7) is 8.30. The molecule has 0 radical (unpaired) electrons. The number of rotatable bonds is 4. The van der Waals surface area contributed by atoms with E-state index in [4.69, 9.17) is 0 Å². The van der Waals surface area contributed by atoms with Crippen LogP contribution in [0.3, 0.4) is 0 Å². The van der Waals surface area contributed by atoms with E-state index < -0.39 is 5.60 Å². The lowest BCUT2D eigenvalue weighted by molar-refractivity contribution is -0.158. The highest BCUT2D eigenvalue weighted by molar-refractivity contribution is 5.86. The van der Waals surface area contributed by atoms with E-state index in [2.05, 4.69) is 26.1 Å². The molecule has 2 fully saturated rings. The summed E-state index contributed by atoms with van der Waals surface area (Å²) in [5.41, 5.74) is -1.11. The predicted molar refractivity (Wildman–Crippen MR) is 80.5 cm³/mol. The van der Waals surface area contributed by atoms with Gasteiger partial charge in [0.05, 0.1) is 0 Å². The summed E-state index contributed by atoms with van der Waals surface area (Å²) in [4.78, 5) is 14.4. The second kappa shape index (κ2) is 6.02. The van der Waals surface area contributed by atoms with Gasteiger partial charge < -0.3 is 15.3 Å². The van der Waals surface area contributed by atoms with Gasteiger partial charge in [-0.2, -0.15) is 0 Å². The fourth-order valence-electron chi connectivity index (χ4n) is 3.40. The van der Waals surface area contributed by atoms with E-state index in [1.54, 1.807) is 0 Å². The first kappa shape index (κ1) is 15.8. The Kier molecular flexibility index (Phi) is 4.75. The predicted octanol–water partition coefficient (Wildman–Crippen LogP) is 1.92. The van der Waals surface area contributed by atoms with Crippen molar-refractivity contribution >= 4 is 5.91 Å². The van der Waals surface area contributed by atoms with Gasteiger partial charge in [-0.3, -0.25) is 4.79 Å². The Labute approximate surface area is 122 Å². The van der Waals surface area contributed by atoms with Crippen molar-refractivity contribution < 1.29 is 9.90 Å². The number of nitrogens with one attached hydrogen (secondary N) is 1. The second-order valence-electron chi connectivity index (χ2n) is 7.78. The Morgan fingerprint density at radius 1 is 1.30 bits per heavy atom. The van der Waals surface area contributed by atoms with Gasteiger partial charge in [-0.15, -0.1) is 0 Å². The zero-order chi connectivity index (χ0) is 14.8. The highest BCUT2D eigenvalue weighted by Crippen LogP contribution is 2.26. The van der Waals surface area contributed by atoms with Crippen LogP contribution in [0.4, 0.5) is 0 Å². The van der Waals surface area contributed by atoms with Crippen LogP contribution in [0.2, 0.25) is 0 Å². The molecule has 2 N–H and O–H groups in total. The van der Waals surface area contributed by atoms with Gasteiger partial charge in [0.25, 0.3) is 5.91 Å². The molecule has 1 heterocycles. The third-order valence-electron chi connectivity index (χ3n) is 4.41. The first-order valence-electron chi connectivity index (χ1n) is 8.05. The molecular weight excluding hydrogens is 252 g/mol. The number of piperidine rings is 1. The molecule has 1 saturated carbocycles. The number of amides is 1. The molecule has 116 valence electrons. The van der Waals surface area contributed by atoms with Crippen LogP contribution >= 0.6 is 0 Å². The largest absolute Gasteiger partial charge is 0.379 e. The van der Waals surface area contributed by atoms with E-state index >= 15 is 0 Å². The number of nitrogens with zero attached hydrogens (tertiary/aromatic N) is 1. The van der Waals surface area contributed by atoms with E-state index in [1.807, 2.05) is 4.90 Å². The van der Waals surface area contributed by atoms with Crippen molar-refractivity contribution in [2.45, 2.75) is 70.9 Å². The molecule has 1 aliphatic carbocycles. The van der Waals surface area contributed by atoms with Crippen molar-refractivity contribution in [2.75, 3.05) is 19.6 Å². The summed E-state index contributed by atoms with van der Waals surface area (Å²) >= 11 is 0. The highest BCUT2D eigenvalue weighted by atomic mass is 16.3. The SMILES string of the molecule is CC(C)(C)CN1CCC[C@@](O)(CNC2CCCC2)C1=O. The maximum absolute atomic E-state index is 12.6. The number of carbonyl (C=O) groups excluding carboxylic acids is 1. The number of likely N-dealkylation sites (tertiary alicyclic amines) is 1. The van der Waals surface area contributed by atoms with Crippen molar-refractivity contribution in [1.82, 2.24) is 10.2 Å². The van der Waals surface area contributed by atoms with Crippen molar-refractivity contribution in [3.8, 4) is 0 Å². The van der Waals surface area contributed by atoms with Crippen LogP contribution in [0, 0.1) is 5.41 Å². The van der Waals surface area contributed by atoms with Gasteiger partial charge in [0.1, 0.15) is 0 Å². The van der Waals surface area contributed by atoms with Gasteiger partial charge in [-0.05, 0) is 31.1 Å². The summed E-state index contributed by atoms with van der Waals surface area (Å²) in [6.07, 6.45) is 6.36. The maximum atomic E-state index is 12.6. The molecule has 4 heteroatoms. The van der Waals surface area contributed by atoms with Crippen LogP contribution in [-0.4, -0.2) is 47.2 Å². The van der Waals surface area contributed by atoms with Crippen molar-refractivity contribution in [3.05, 3.63) is 0 Å². The fraction of sp³-hybridized carbons (Fsp3) is 0.938. The Bertz CT molecular complexity index is 345. The average molecular weight is 282 g/mol. The Hall–Kier alpha value is -0.610. The standard InChI is InChI=1S/C16H30N2O2/c1-15(2,3)12-18-10-6-9-16(20,14(18)19)11-17-13-7-4-5-8-13/h13,17,20H,4-12H2,1-3H3/t16-/m1/s1. The Morgan fingerprint density at radius 2 is 1.95 bits per heavy atom. The third kappa shape index (κ3) is 3.95. The molecular formula is C16H30N2O2. The van der Waals surface area contributed by atoms with Gasteiger partial charge >= 0.3 is 0 Å². The van der Waals surface area contributed by atoms with E-state index in [-0.39, 0.29) is 11.3 Å².